The van der Waals surface area contributed by atoms with Gasteiger partial charge in [-0.3, -0.25) is 0 Å². The molecule has 2 aromatic carbocycles. The van der Waals surface area contributed by atoms with Gasteiger partial charge >= 0.3 is 0 Å². The topological polar surface area (TPSA) is 68.3 Å². The van der Waals surface area contributed by atoms with Gasteiger partial charge in [0.1, 0.15) is 0 Å². The molecular formula is C27H28O4S2. The molecule has 0 amide bonds. The van der Waals surface area contributed by atoms with E-state index in [9.17, 15) is 16.8 Å². The van der Waals surface area contributed by atoms with Crippen LogP contribution in [0.2, 0.25) is 0 Å². The summed E-state index contributed by atoms with van der Waals surface area (Å²) >= 11 is 0. The lowest BCUT2D eigenvalue weighted by Gasteiger charge is -2.35. The van der Waals surface area contributed by atoms with Crippen LogP contribution >= 0.6 is 0 Å². The van der Waals surface area contributed by atoms with Crippen LogP contribution < -0.4 is 0 Å². The van der Waals surface area contributed by atoms with Gasteiger partial charge in [-0.2, -0.15) is 0 Å². The molecule has 0 radical (unpaired) electrons. The molecule has 3 fully saturated rings. The quantitative estimate of drug-likeness (QED) is 0.476. The summed E-state index contributed by atoms with van der Waals surface area (Å²) in [5.41, 5.74) is 2.99. The molecular weight excluding hydrogens is 452 g/mol. The smallest absolute Gasteiger partial charge is 0.183 e. The van der Waals surface area contributed by atoms with E-state index in [2.05, 4.69) is 13.8 Å². The fourth-order valence-corrected chi connectivity index (χ4v) is 13.8. The van der Waals surface area contributed by atoms with E-state index >= 15 is 0 Å². The van der Waals surface area contributed by atoms with Crippen molar-refractivity contribution >= 4 is 19.7 Å². The van der Waals surface area contributed by atoms with Crippen molar-refractivity contribution in [1.82, 2.24) is 0 Å². The second-order valence-electron chi connectivity index (χ2n) is 11.3. The molecule has 0 saturated heterocycles. The molecule has 0 heterocycles. The lowest BCUT2D eigenvalue weighted by Crippen LogP contribution is -2.46. The van der Waals surface area contributed by atoms with Crippen LogP contribution in [0.15, 0.2) is 81.6 Å². The van der Waals surface area contributed by atoms with Crippen LogP contribution in [0.25, 0.3) is 0 Å². The summed E-state index contributed by atoms with van der Waals surface area (Å²) < 4.78 is 56.2. The van der Waals surface area contributed by atoms with Crippen molar-refractivity contribution < 1.29 is 16.8 Å². The molecule has 172 valence electrons. The summed E-state index contributed by atoms with van der Waals surface area (Å²) in [5, 5.41) is -1.82. The first-order valence-electron chi connectivity index (χ1n) is 12.0. The summed E-state index contributed by atoms with van der Waals surface area (Å²) in [4.78, 5) is 0.483. The monoisotopic (exact) mass is 480 g/mol. The molecule has 3 saturated carbocycles. The van der Waals surface area contributed by atoms with Gasteiger partial charge in [0, 0.05) is 0 Å². The van der Waals surface area contributed by atoms with E-state index in [4.69, 9.17) is 0 Å². The van der Waals surface area contributed by atoms with E-state index in [0.29, 0.717) is 35.5 Å². The van der Waals surface area contributed by atoms with Gasteiger partial charge < -0.3 is 0 Å². The Balaban J connectivity index is 1.41. The molecule has 5 aliphatic rings. The SMILES string of the molecule is CC1(C)[C@@H]2[C@H]1[C@H]1C[C@H]2C2=C1[C@H]1C[C@H]2[C@H](S(=O)(=O)c2ccccc2)[C@@H]1S(=O)(=O)c1ccccc1. The number of benzene rings is 2. The Kier molecular flexibility index (Phi) is 3.84. The summed E-state index contributed by atoms with van der Waals surface area (Å²) in [6, 6.07) is 16.9. The predicted octanol–water partition coefficient (Wildman–Crippen LogP) is 4.54. The van der Waals surface area contributed by atoms with Gasteiger partial charge in [-0.1, -0.05) is 61.4 Å². The minimum absolute atomic E-state index is 0.175. The maximum absolute atomic E-state index is 14.0. The van der Waals surface area contributed by atoms with Crippen molar-refractivity contribution in [2.75, 3.05) is 0 Å². The molecule has 2 aromatic rings. The third-order valence-electron chi connectivity index (χ3n) is 9.79. The average molecular weight is 481 g/mol. The minimum atomic E-state index is -3.81. The predicted molar refractivity (Wildman–Crippen MR) is 126 cm³/mol. The first-order valence-corrected chi connectivity index (χ1v) is 15.1. The minimum Gasteiger partial charge on any atom is -0.223 e. The first-order chi connectivity index (χ1) is 15.7. The largest absolute Gasteiger partial charge is 0.223 e. The highest BCUT2D eigenvalue weighted by atomic mass is 32.2. The van der Waals surface area contributed by atoms with Crippen molar-refractivity contribution in [1.29, 1.82) is 0 Å². The van der Waals surface area contributed by atoms with Gasteiger partial charge in [0.25, 0.3) is 0 Å². The summed E-state index contributed by atoms with van der Waals surface area (Å²) in [5.74, 6) is 1.84. The van der Waals surface area contributed by atoms with E-state index in [1.54, 1.807) is 60.7 Å². The van der Waals surface area contributed by atoms with Gasteiger partial charge in [-0.25, -0.2) is 16.8 Å². The van der Waals surface area contributed by atoms with Crippen molar-refractivity contribution in [3.63, 3.8) is 0 Å². The molecule has 7 rings (SSSR count). The maximum atomic E-state index is 14.0. The van der Waals surface area contributed by atoms with Crippen LogP contribution in [0.1, 0.15) is 26.7 Å². The van der Waals surface area contributed by atoms with Crippen LogP contribution in [0.4, 0.5) is 0 Å². The Labute approximate surface area is 195 Å². The van der Waals surface area contributed by atoms with Crippen LogP contribution in [0, 0.1) is 40.9 Å². The molecule has 0 aliphatic heterocycles. The number of allylic oxidation sites excluding steroid dienone is 2. The third-order valence-corrected chi connectivity index (χ3v) is 14.5. The number of hydrogen-bond acceptors (Lipinski definition) is 4. The normalized spacial score (nSPS) is 39.6. The molecule has 0 aromatic heterocycles. The lowest BCUT2D eigenvalue weighted by atomic mass is 9.82. The molecule has 0 spiro atoms. The van der Waals surface area contributed by atoms with Crippen molar-refractivity contribution in [2.45, 2.75) is 47.0 Å². The molecule has 4 bridgehead atoms. The van der Waals surface area contributed by atoms with E-state index in [0.717, 1.165) is 6.42 Å². The van der Waals surface area contributed by atoms with E-state index < -0.39 is 30.2 Å². The Morgan fingerprint density at radius 3 is 1.36 bits per heavy atom. The van der Waals surface area contributed by atoms with Gasteiger partial charge in [-0.05, 0) is 78.0 Å². The zero-order valence-corrected chi connectivity index (χ0v) is 20.4. The highest BCUT2D eigenvalue weighted by molar-refractivity contribution is 7.96. The highest BCUT2D eigenvalue weighted by Crippen LogP contribution is 2.81. The molecule has 6 heteroatoms. The van der Waals surface area contributed by atoms with Gasteiger partial charge in [0.05, 0.1) is 20.3 Å². The molecule has 4 nitrogen and oxygen atoms in total. The van der Waals surface area contributed by atoms with Gasteiger partial charge in [0.2, 0.25) is 0 Å². The average Bonchev–Trinajstić information content (AvgIpc) is 3.36. The summed E-state index contributed by atoms with van der Waals surface area (Å²) in [6.07, 6.45) is 1.78. The van der Waals surface area contributed by atoms with Crippen LogP contribution in [0.5, 0.6) is 0 Å². The second-order valence-corrected chi connectivity index (χ2v) is 15.5. The van der Waals surface area contributed by atoms with Crippen LogP contribution in [-0.4, -0.2) is 27.3 Å². The summed E-state index contributed by atoms with van der Waals surface area (Å²) in [7, 11) is -7.62. The van der Waals surface area contributed by atoms with Crippen molar-refractivity contribution in [2.24, 2.45) is 40.9 Å². The fraction of sp³-hybridized carbons (Fsp3) is 0.481. The Hall–Kier alpha value is -1.92. The first kappa shape index (κ1) is 20.5. The lowest BCUT2D eigenvalue weighted by molar-refractivity contribution is 0.362. The standard InChI is InChI=1S/C27H28O4S2/c1-27(2)23-17-13-18(24(23)27)22-20-14-19(21(17)22)25(32(28,29)15-9-5-3-6-10-15)26(20)33(30,31)16-11-7-4-8-12-16/h3-12,17-20,23-26H,13-14H2,1-2H3/t17-,18-,19+,20+,23-,24+,25-,26+/m0/s1. The number of hydrogen-bond donors (Lipinski definition) is 0. The van der Waals surface area contributed by atoms with E-state index in [1.165, 1.54) is 11.1 Å². The number of rotatable bonds is 4. The maximum Gasteiger partial charge on any atom is 0.183 e. The molecule has 33 heavy (non-hydrogen) atoms. The van der Waals surface area contributed by atoms with E-state index in [-0.39, 0.29) is 21.6 Å². The highest BCUT2D eigenvalue weighted by Gasteiger charge is 2.77. The van der Waals surface area contributed by atoms with Crippen LogP contribution in [-0.2, 0) is 19.7 Å². The zero-order valence-electron chi connectivity index (χ0n) is 18.8. The van der Waals surface area contributed by atoms with Crippen molar-refractivity contribution in [3.05, 3.63) is 71.8 Å². The Morgan fingerprint density at radius 1 is 0.606 bits per heavy atom. The second kappa shape index (κ2) is 6.19. The van der Waals surface area contributed by atoms with Crippen LogP contribution in [0.3, 0.4) is 0 Å². The molecule has 0 N–H and O–H groups in total. The number of fused-ring (bicyclic) bond motifs is 11. The van der Waals surface area contributed by atoms with Crippen molar-refractivity contribution in [3.8, 4) is 0 Å². The summed E-state index contributed by atoms with van der Waals surface area (Å²) in [6.45, 7) is 4.67. The number of sulfone groups is 2. The van der Waals surface area contributed by atoms with E-state index in [1.807, 2.05) is 0 Å². The molecule has 5 aliphatic carbocycles. The zero-order chi connectivity index (χ0) is 22.9. The molecule has 8 atom stereocenters. The molecule has 0 unspecified atom stereocenters. The third kappa shape index (κ3) is 2.37. The Bertz CT molecular complexity index is 1300. The fourth-order valence-electron chi connectivity index (χ4n) is 8.80. The Morgan fingerprint density at radius 2 is 0.970 bits per heavy atom. The van der Waals surface area contributed by atoms with Gasteiger partial charge in [-0.15, -0.1) is 0 Å². The van der Waals surface area contributed by atoms with Gasteiger partial charge in [0.15, 0.2) is 19.7 Å².